The molecule has 1 fully saturated rings. The molecule has 0 spiro atoms. The molecule has 1 aliphatic rings. The first-order chi connectivity index (χ1) is 9.98. The van der Waals surface area contributed by atoms with Gasteiger partial charge in [0.2, 0.25) is 5.91 Å². The molecule has 0 heterocycles. The fourth-order valence-corrected chi connectivity index (χ4v) is 2.63. The van der Waals surface area contributed by atoms with Crippen LogP contribution in [-0.2, 0) is 11.2 Å². The molecular formula is C15H20N2O4. The standard InChI is InChI=1S/C15H20N2O4/c18-14(16-11-15(19)8-2-1-3-9-15)10-12-4-6-13(7-5-12)17(20)21/h4-7,19H,1-3,8-11H2,(H,16,18). The van der Waals surface area contributed by atoms with Crippen LogP contribution in [0.2, 0.25) is 0 Å². The summed E-state index contributed by atoms with van der Waals surface area (Å²) in [7, 11) is 0. The molecule has 2 rings (SSSR count). The summed E-state index contributed by atoms with van der Waals surface area (Å²) >= 11 is 0. The van der Waals surface area contributed by atoms with Gasteiger partial charge in [-0.05, 0) is 18.4 Å². The number of nitro groups is 1. The Labute approximate surface area is 123 Å². The van der Waals surface area contributed by atoms with Crippen LogP contribution in [0.1, 0.15) is 37.7 Å². The minimum absolute atomic E-state index is 0.00988. The predicted molar refractivity (Wildman–Crippen MR) is 77.8 cm³/mol. The zero-order chi connectivity index (χ0) is 15.3. The fraction of sp³-hybridized carbons (Fsp3) is 0.533. The third-order valence-corrected chi connectivity index (χ3v) is 3.91. The molecule has 1 aromatic carbocycles. The number of nitrogens with one attached hydrogen (secondary N) is 1. The Morgan fingerprint density at radius 3 is 2.43 bits per heavy atom. The van der Waals surface area contributed by atoms with Gasteiger partial charge in [0.05, 0.1) is 16.9 Å². The van der Waals surface area contributed by atoms with Gasteiger partial charge in [-0.2, -0.15) is 0 Å². The summed E-state index contributed by atoms with van der Waals surface area (Å²) in [5.41, 5.74) is -0.0481. The molecule has 1 amide bonds. The highest BCUT2D eigenvalue weighted by molar-refractivity contribution is 5.78. The topological polar surface area (TPSA) is 92.5 Å². The Balaban J connectivity index is 1.82. The van der Waals surface area contributed by atoms with E-state index in [9.17, 15) is 20.0 Å². The lowest BCUT2D eigenvalue weighted by Crippen LogP contribution is -2.44. The third-order valence-electron chi connectivity index (χ3n) is 3.91. The first kappa shape index (κ1) is 15.4. The number of hydrogen-bond acceptors (Lipinski definition) is 4. The molecule has 0 aliphatic heterocycles. The second-order valence-corrected chi connectivity index (χ2v) is 5.66. The molecular weight excluding hydrogens is 272 g/mol. The highest BCUT2D eigenvalue weighted by atomic mass is 16.6. The van der Waals surface area contributed by atoms with Crippen molar-refractivity contribution >= 4 is 11.6 Å². The summed E-state index contributed by atoms with van der Waals surface area (Å²) in [6, 6.07) is 5.93. The van der Waals surface area contributed by atoms with E-state index in [0.717, 1.165) is 32.1 Å². The predicted octanol–water partition coefficient (Wildman–Crippen LogP) is 1.95. The molecule has 1 aromatic rings. The minimum Gasteiger partial charge on any atom is -0.388 e. The van der Waals surface area contributed by atoms with E-state index in [1.807, 2.05) is 0 Å². The number of amides is 1. The molecule has 2 N–H and O–H groups in total. The van der Waals surface area contributed by atoms with Crippen molar-refractivity contribution in [2.75, 3.05) is 6.54 Å². The van der Waals surface area contributed by atoms with Crippen LogP contribution in [0, 0.1) is 10.1 Å². The third kappa shape index (κ3) is 4.53. The van der Waals surface area contributed by atoms with Crippen LogP contribution in [0.4, 0.5) is 5.69 Å². The number of carbonyl (C=O) groups excluding carboxylic acids is 1. The summed E-state index contributed by atoms with van der Waals surface area (Å²) in [5.74, 6) is -0.178. The Morgan fingerprint density at radius 2 is 1.86 bits per heavy atom. The molecule has 1 saturated carbocycles. The maximum Gasteiger partial charge on any atom is 0.269 e. The summed E-state index contributed by atoms with van der Waals surface area (Å²) in [5, 5.41) is 23.6. The van der Waals surface area contributed by atoms with Crippen LogP contribution in [0.25, 0.3) is 0 Å². The molecule has 0 saturated heterocycles. The Kier molecular flexibility index (Phi) is 4.90. The van der Waals surface area contributed by atoms with Crippen LogP contribution in [0.3, 0.4) is 0 Å². The van der Waals surface area contributed by atoms with E-state index in [4.69, 9.17) is 0 Å². The van der Waals surface area contributed by atoms with Crippen LogP contribution in [0.15, 0.2) is 24.3 Å². The van der Waals surface area contributed by atoms with Gasteiger partial charge in [0.15, 0.2) is 0 Å². The van der Waals surface area contributed by atoms with Gasteiger partial charge in [-0.15, -0.1) is 0 Å². The van der Waals surface area contributed by atoms with Crippen molar-refractivity contribution in [1.82, 2.24) is 5.32 Å². The van der Waals surface area contributed by atoms with Crippen LogP contribution in [-0.4, -0.2) is 28.1 Å². The zero-order valence-electron chi connectivity index (χ0n) is 11.9. The first-order valence-electron chi connectivity index (χ1n) is 7.21. The number of non-ortho nitro benzene ring substituents is 1. The number of rotatable bonds is 5. The van der Waals surface area contributed by atoms with Gasteiger partial charge in [-0.25, -0.2) is 0 Å². The average molecular weight is 292 g/mol. The number of nitrogens with zero attached hydrogens (tertiary/aromatic N) is 1. The van der Waals surface area contributed by atoms with E-state index in [-0.39, 0.29) is 24.6 Å². The average Bonchev–Trinajstić information content (AvgIpc) is 2.47. The van der Waals surface area contributed by atoms with Crippen molar-refractivity contribution in [3.63, 3.8) is 0 Å². The Bertz CT molecular complexity index is 507. The molecule has 0 atom stereocenters. The Hall–Kier alpha value is -1.95. The second-order valence-electron chi connectivity index (χ2n) is 5.66. The zero-order valence-corrected chi connectivity index (χ0v) is 11.9. The van der Waals surface area contributed by atoms with Crippen LogP contribution in [0.5, 0.6) is 0 Å². The number of hydrogen-bond donors (Lipinski definition) is 2. The summed E-state index contributed by atoms with van der Waals surface area (Å²) in [6.45, 7) is 0.277. The summed E-state index contributed by atoms with van der Waals surface area (Å²) in [4.78, 5) is 21.9. The van der Waals surface area contributed by atoms with Gasteiger partial charge in [-0.1, -0.05) is 31.4 Å². The quantitative estimate of drug-likeness (QED) is 0.641. The maximum atomic E-state index is 11.9. The lowest BCUT2D eigenvalue weighted by atomic mass is 9.85. The SMILES string of the molecule is O=C(Cc1ccc([N+](=O)[O-])cc1)NCC1(O)CCCCC1. The smallest absolute Gasteiger partial charge is 0.269 e. The molecule has 114 valence electrons. The molecule has 1 aliphatic carbocycles. The largest absolute Gasteiger partial charge is 0.388 e. The van der Waals surface area contributed by atoms with E-state index in [1.54, 1.807) is 12.1 Å². The van der Waals surface area contributed by atoms with E-state index in [1.165, 1.54) is 12.1 Å². The van der Waals surface area contributed by atoms with Crippen molar-refractivity contribution in [2.45, 2.75) is 44.1 Å². The molecule has 6 heteroatoms. The summed E-state index contributed by atoms with van der Waals surface area (Å²) < 4.78 is 0. The molecule has 0 bridgehead atoms. The van der Waals surface area contributed by atoms with E-state index < -0.39 is 10.5 Å². The lowest BCUT2D eigenvalue weighted by molar-refractivity contribution is -0.384. The first-order valence-corrected chi connectivity index (χ1v) is 7.21. The van der Waals surface area contributed by atoms with Crippen molar-refractivity contribution in [2.24, 2.45) is 0 Å². The van der Waals surface area contributed by atoms with E-state index in [2.05, 4.69) is 5.32 Å². The van der Waals surface area contributed by atoms with Gasteiger partial charge in [-0.3, -0.25) is 14.9 Å². The molecule has 21 heavy (non-hydrogen) atoms. The lowest BCUT2D eigenvalue weighted by Gasteiger charge is -2.32. The van der Waals surface area contributed by atoms with E-state index in [0.29, 0.717) is 5.56 Å². The van der Waals surface area contributed by atoms with Crippen molar-refractivity contribution in [1.29, 1.82) is 0 Å². The van der Waals surface area contributed by atoms with Crippen molar-refractivity contribution < 1.29 is 14.8 Å². The number of benzene rings is 1. The van der Waals surface area contributed by atoms with Gasteiger partial charge < -0.3 is 10.4 Å². The van der Waals surface area contributed by atoms with E-state index >= 15 is 0 Å². The van der Waals surface area contributed by atoms with Gasteiger partial charge >= 0.3 is 0 Å². The second kappa shape index (κ2) is 6.67. The van der Waals surface area contributed by atoms with Gasteiger partial charge in [0.25, 0.3) is 5.69 Å². The highest BCUT2D eigenvalue weighted by Crippen LogP contribution is 2.27. The number of aliphatic hydroxyl groups is 1. The number of nitro benzene ring substituents is 1. The fourth-order valence-electron chi connectivity index (χ4n) is 2.63. The normalized spacial score (nSPS) is 17.2. The Morgan fingerprint density at radius 1 is 1.24 bits per heavy atom. The molecule has 0 radical (unpaired) electrons. The van der Waals surface area contributed by atoms with Gasteiger partial charge in [0, 0.05) is 18.7 Å². The van der Waals surface area contributed by atoms with Crippen molar-refractivity contribution in [3.8, 4) is 0 Å². The maximum absolute atomic E-state index is 11.9. The molecule has 6 nitrogen and oxygen atoms in total. The molecule has 0 aromatic heterocycles. The van der Waals surface area contributed by atoms with Crippen LogP contribution < -0.4 is 5.32 Å². The highest BCUT2D eigenvalue weighted by Gasteiger charge is 2.29. The summed E-state index contributed by atoms with van der Waals surface area (Å²) in [6.07, 6.45) is 4.74. The van der Waals surface area contributed by atoms with Crippen LogP contribution >= 0.6 is 0 Å². The molecule has 0 unspecified atom stereocenters. The minimum atomic E-state index is -0.774. The van der Waals surface area contributed by atoms with Gasteiger partial charge in [0.1, 0.15) is 0 Å². The van der Waals surface area contributed by atoms with Crippen molar-refractivity contribution in [3.05, 3.63) is 39.9 Å². The monoisotopic (exact) mass is 292 g/mol. The number of carbonyl (C=O) groups is 1.